The molecule has 1 saturated carbocycles. The van der Waals surface area contributed by atoms with Crippen LogP contribution in [0, 0.1) is 24.1 Å². The molecule has 1 nitrogen and oxygen atoms in total. The van der Waals surface area contributed by atoms with Gasteiger partial charge in [-0.15, -0.1) is 0 Å². The molecule has 1 aliphatic rings. The Morgan fingerprint density at radius 2 is 2.10 bits per heavy atom. The van der Waals surface area contributed by atoms with Crippen LogP contribution in [-0.4, -0.2) is 13.1 Å². The molecule has 1 aromatic carbocycles. The van der Waals surface area contributed by atoms with E-state index >= 15 is 0 Å². The molecule has 0 heterocycles. The minimum absolute atomic E-state index is 0.0884. The molecule has 0 amide bonds. The van der Waals surface area contributed by atoms with Gasteiger partial charge in [0.2, 0.25) is 0 Å². The third-order valence-corrected chi connectivity index (χ3v) is 4.98. The second kappa shape index (κ2) is 6.91. The fourth-order valence-electron chi connectivity index (χ4n) is 3.64. The maximum Gasteiger partial charge on any atom is 0.126 e. The molecule has 0 aliphatic heterocycles. The molecule has 2 heteroatoms. The van der Waals surface area contributed by atoms with Gasteiger partial charge in [-0.05, 0) is 80.1 Å². The Morgan fingerprint density at radius 3 is 2.76 bits per heavy atom. The second-order valence-corrected chi connectivity index (χ2v) is 7.49. The summed E-state index contributed by atoms with van der Waals surface area (Å²) in [5, 5.41) is 3.58. The van der Waals surface area contributed by atoms with Gasteiger partial charge in [-0.25, -0.2) is 4.39 Å². The van der Waals surface area contributed by atoms with Crippen LogP contribution in [0.4, 0.5) is 4.39 Å². The molecule has 0 bridgehead atoms. The highest BCUT2D eigenvalue weighted by Crippen LogP contribution is 2.46. The predicted octanol–water partition coefficient (Wildman–Crippen LogP) is 5.04. The fourth-order valence-corrected chi connectivity index (χ4v) is 3.64. The Kier molecular flexibility index (Phi) is 5.43. The van der Waals surface area contributed by atoms with Crippen molar-refractivity contribution in [2.24, 2.45) is 11.3 Å². The van der Waals surface area contributed by atoms with E-state index in [0.29, 0.717) is 17.3 Å². The highest BCUT2D eigenvalue weighted by atomic mass is 19.1. The van der Waals surface area contributed by atoms with Crippen LogP contribution in [0.15, 0.2) is 18.2 Å². The van der Waals surface area contributed by atoms with Crippen molar-refractivity contribution in [3.05, 3.63) is 35.1 Å². The Morgan fingerprint density at radius 1 is 1.33 bits per heavy atom. The minimum atomic E-state index is -0.0884. The van der Waals surface area contributed by atoms with E-state index in [1.165, 1.54) is 31.2 Å². The molecule has 2 atom stereocenters. The average molecular weight is 291 g/mol. The SMILES string of the molecule is CCCNCC1CCC(C)(C)CC1c1ccc(F)c(C)c1. The van der Waals surface area contributed by atoms with E-state index in [-0.39, 0.29) is 5.82 Å². The van der Waals surface area contributed by atoms with Gasteiger partial charge in [-0.2, -0.15) is 0 Å². The Labute approximate surface area is 129 Å². The van der Waals surface area contributed by atoms with Crippen molar-refractivity contribution in [1.29, 1.82) is 0 Å². The maximum atomic E-state index is 13.6. The first-order chi connectivity index (χ1) is 9.93. The number of hydrogen-bond acceptors (Lipinski definition) is 1. The van der Waals surface area contributed by atoms with Crippen LogP contribution in [0.2, 0.25) is 0 Å². The van der Waals surface area contributed by atoms with E-state index in [1.807, 2.05) is 13.0 Å². The lowest BCUT2D eigenvalue weighted by Gasteiger charge is -2.41. The molecule has 1 N–H and O–H groups in total. The third-order valence-electron chi connectivity index (χ3n) is 4.98. The van der Waals surface area contributed by atoms with Gasteiger partial charge in [0, 0.05) is 0 Å². The zero-order valence-electron chi connectivity index (χ0n) is 14.0. The zero-order valence-corrected chi connectivity index (χ0v) is 14.0. The van der Waals surface area contributed by atoms with Crippen molar-refractivity contribution >= 4 is 0 Å². The molecule has 1 fully saturated rings. The van der Waals surface area contributed by atoms with Crippen molar-refractivity contribution in [3.63, 3.8) is 0 Å². The van der Waals surface area contributed by atoms with E-state index in [1.54, 1.807) is 6.07 Å². The van der Waals surface area contributed by atoms with Gasteiger partial charge in [0.25, 0.3) is 0 Å². The van der Waals surface area contributed by atoms with Crippen LogP contribution >= 0.6 is 0 Å². The van der Waals surface area contributed by atoms with Crippen molar-refractivity contribution in [3.8, 4) is 0 Å². The summed E-state index contributed by atoms with van der Waals surface area (Å²) in [4.78, 5) is 0. The van der Waals surface area contributed by atoms with Crippen molar-refractivity contribution < 1.29 is 4.39 Å². The molecule has 1 aromatic rings. The first-order valence-corrected chi connectivity index (χ1v) is 8.40. The summed E-state index contributed by atoms with van der Waals surface area (Å²) in [7, 11) is 0. The fraction of sp³-hybridized carbons (Fsp3) is 0.684. The number of halogens is 1. The first kappa shape index (κ1) is 16.5. The third kappa shape index (κ3) is 4.29. The molecule has 0 saturated heterocycles. The lowest BCUT2D eigenvalue weighted by atomic mass is 9.65. The van der Waals surface area contributed by atoms with Gasteiger partial charge < -0.3 is 5.32 Å². The average Bonchev–Trinajstić information content (AvgIpc) is 2.43. The van der Waals surface area contributed by atoms with E-state index in [9.17, 15) is 4.39 Å². The summed E-state index contributed by atoms with van der Waals surface area (Å²) >= 11 is 0. The van der Waals surface area contributed by atoms with Crippen LogP contribution in [-0.2, 0) is 0 Å². The van der Waals surface area contributed by atoms with Gasteiger partial charge in [0.1, 0.15) is 5.82 Å². The highest BCUT2D eigenvalue weighted by Gasteiger charge is 2.35. The summed E-state index contributed by atoms with van der Waals surface area (Å²) in [6.45, 7) is 11.0. The standard InChI is InChI=1S/C19H30FN/c1-5-10-21-13-16-8-9-19(3,4)12-17(16)15-6-7-18(20)14(2)11-15/h6-7,11,16-17,21H,5,8-10,12-13H2,1-4H3. The first-order valence-electron chi connectivity index (χ1n) is 8.40. The van der Waals surface area contributed by atoms with Gasteiger partial charge in [0.05, 0.1) is 0 Å². The van der Waals surface area contributed by atoms with Crippen molar-refractivity contribution in [1.82, 2.24) is 5.32 Å². The van der Waals surface area contributed by atoms with Gasteiger partial charge in [-0.3, -0.25) is 0 Å². The second-order valence-electron chi connectivity index (χ2n) is 7.49. The van der Waals surface area contributed by atoms with Crippen LogP contribution in [0.1, 0.15) is 63.5 Å². The van der Waals surface area contributed by atoms with Gasteiger partial charge in [0.15, 0.2) is 0 Å². The number of aryl methyl sites for hydroxylation is 1. The number of nitrogens with one attached hydrogen (secondary N) is 1. The van der Waals surface area contributed by atoms with E-state index in [0.717, 1.165) is 18.7 Å². The molecule has 0 aromatic heterocycles. The van der Waals surface area contributed by atoms with Gasteiger partial charge >= 0.3 is 0 Å². The Bertz CT molecular complexity index is 467. The van der Waals surface area contributed by atoms with Crippen LogP contribution in [0.25, 0.3) is 0 Å². The normalized spacial score (nSPS) is 25.0. The van der Waals surface area contributed by atoms with E-state index in [2.05, 4.69) is 32.2 Å². The lowest BCUT2D eigenvalue weighted by molar-refractivity contribution is 0.159. The van der Waals surface area contributed by atoms with E-state index < -0.39 is 0 Å². The largest absolute Gasteiger partial charge is 0.316 e. The quantitative estimate of drug-likeness (QED) is 0.749. The lowest BCUT2D eigenvalue weighted by Crippen LogP contribution is -2.35. The monoisotopic (exact) mass is 291 g/mol. The molecular formula is C19H30FN. The predicted molar refractivity (Wildman–Crippen MR) is 88.2 cm³/mol. The van der Waals surface area contributed by atoms with Crippen molar-refractivity contribution in [2.45, 2.75) is 59.3 Å². The molecular weight excluding hydrogens is 261 g/mol. The summed E-state index contributed by atoms with van der Waals surface area (Å²) in [6, 6.07) is 5.71. The molecule has 2 rings (SSSR count). The van der Waals surface area contributed by atoms with Crippen LogP contribution in [0.5, 0.6) is 0 Å². The van der Waals surface area contributed by atoms with Crippen molar-refractivity contribution in [2.75, 3.05) is 13.1 Å². The maximum absolute atomic E-state index is 13.6. The molecule has 21 heavy (non-hydrogen) atoms. The Balaban J connectivity index is 2.17. The molecule has 2 unspecified atom stereocenters. The summed E-state index contributed by atoms with van der Waals surface area (Å²) in [5.41, 5.74) is 2.50. The number of hydrogen-bond donors (Lipinski definition) is 1. The summed E-state index contributed by atoms with van der Waals surface area (Å²) in [6.07, 6.45) is 4.95. The Hall–Kier alpha value is -0.890. The van der Waals surface area contributed by atoms with Crippen LogP contribution in [0.3, 0.4) is 0 Å². The summed E-state index contributed by atoms with van der Waals surface area (Å²) < 4.78 is 13.6. The highest BCUT2D eigenvalue weighted by molar-refractivity contribution is 5.28. The smallest absolute Gasteiger partial charge is 0.126 e. The summed E-state index contributed by atoms with van der Waals surface area (Å²) in [5.74, 6) is 1.14. The molecule has 118 valence electrons. The van der Waals surface area contributed by atoms with Gasteiger partial charge in [-0.1, -0.05) is 32.9 Å². The molecule has 0 radical (unpaired) electrons. The topological polar surface area (TPSA) is 12.0 Å². The minimum Gasteiger partial charge on any atom is -0.316 e. The zero-order chi connectivity index (χ0) is 15.5. The molecule has 1 aliphatic carbocycles. The number of benzene rings is 1. The number of rotatable bonds is 5. The van der Waals surface area contributed by atoms with E-state index in [4.69, 9.17) is 0 Å². The van der Waals surface area contributed by atoms with Crippen LogP contribution < -0.4 is 5.32 Å². The molecule has 0 spiro atoms.